The van der Waals surface area contributed by atoms with Gasteiger partial charge in [0.2, 0.25) is 0 Å². The Morgan fingerprint density at radius 3 is 2.64 bits per heavy atom. The van der Waals surface area contributed by atoms with Crippen LogP contribution in [-0.4, -0.2) is 53.3 Å². The molecule has 1 rings (SSSR count). The minimum atomic E-state index is -0.825. The number of carbonyl (C=O) groups is 2. The van der Waals surface area contributed by atoms with E-state index in [0.717, 1.165) is 0 Å². The zero-order chi connectivity index (χ0) is 16.8. The van der Waals surface area contributed by atoms with E-state index in [1.807, 2.05) is 4.90 Å². The molecular weight excluding hydrogens is 286 g/mol. The summed E-state index contributed by atoms with van der Waals surface area (Å²) in [4.78, 5) is 24.5. The average Bonchev–Trinajstić information content (AvgIpc) is 2.34. The number of carboxylic acids is 1. The molecule has 2 N–H and O–H groups in total. The number of nitriles is 1. The van der Waals surface area contributed by atoms with Crippen LogP contribution >= 0.6 is 0 Å². The largest absolute Gasteiger partial charge is 0.481 e. The number of carboxylic acid groups (broad SMARTS) is 1. The minimum Gasteiger partial charge on any atom is -0.481 e. The third-order valence-corrected chi connectivity index (χ3v) is 3.39. The monoisotopic (exact) mass is 311 g/mol. The van der Waals surface area contributed by atoms with Crippen LogP contribution in [0.25, 0.3) is 0 Å². The molecule has 0 aromatic carbocycles. The van der Waals surface area contributed by atoms with Crippen LogP contribution in [0.3, 0.4) is 0 Å². The van der Waals surface area contributed by atoms with Gasteiger partial charge in [0.15, 0.2) is 0 Å². The molecule has 0 bridgehead atoms. The number of ether oxygens (including phenoxy) is 1. The summed E-state index contributed by atoms with van der Waals surface area (Å²) in [6, 6.07) is 1.97. The van der Waals surface area contributed by atoms with Crippen LogP contribution in [0.1, 0.15) is 40.0 Å². The summed E-state index contributed by atoms with van der Waals surface area (Å²) in [7, 11) is 0. The van der Waals surface area contributed by atoms with Gasteiger partial charge in [-0.1, -0.05) is 0 Å². The highest BCUT2D eigenvalue weighted by Crippen LogP contribution is 2.21. The van der Waals surface area contributed by atoms with Gasteiger partial charge in [-0.05, 0) is 39.5 Å². The van der Waals surface area contributed by atoms with Crippen LogP contribution in [0, 0.1) is 17.2 Å². The van der Waals surface area contributed by atoms with Crippen molar-refractivity contribution in [3.8, 4) is 6.07 Å². The maximum Gasteiger partial charge on any atom is 0.407 e. The highest BCUT2D eigenvalue weighted by atomic mass is 16.6. The van der Waals surface area contributed by atoms with Crippen molar-refractivity contribution >= 4 is 12.1 Å². The van der Waals surface area contributed by atoms with Crippen molar-refractivity contribution < 1.29 is 19.4 Å². The van der Waals surface area contributed by atoms with Crippen molar-refractivity contribution in [2.75, 3.05) is 19.6 Å². The summed E-state index contributed by atoms with van der Waals surface area (Å²) < 4.78 is 5.24. The zero-order valence-corrected chi connectivity index (χ0v) is 13.5. The van der Waals surface area contributed by atoms with Gasteiger partial charge in [-0.15, -0.1) is 0 Å². The standard InChI is InChI=1S/C15H25N3O4/c1-15(2,3)22-14(21)17-12-8-11(4-5-13(19)20)9-18(10-12)7-6-16/h11-12H,4-5,7-10H2,1-3H3,(H,17,21)(H,19,20). The number of aliphatic carboxylic acids is 1. The number of hydrogen-bond acceptors (Lipinski definition) is 5. The summed E-state index contributed by atoms with van der Waals surface area (Å²) in [5.74, 6) is -0.674. The molecule has 1 heterocycles. The lowest BCUT2D eigenvalue weighted by Gasteiger charge is -2.37. The van der Waals surface area contributed by atoms with Gasteiger partial charge in [0.05, 0.1) is 12.6 Å². The molecule has 7 nitrogen and oxygen atoms in total. The van der Waals surface area contributed by atoms with Crippen LogP contribution < -0.4 is 5.32 Å². The van der Waals surface area contributed by atoms with Crippen LogP contribution in [0.2, 0.25) is 0 Å². The Labute approximate surface area is 131 Å². The van der Waals surface area contributed by atoms with E-state index < -0.39 is 17.7 Å². The summed E-state index contributed by atoms with van der Waals surface area (Å²) in [5, 5.41) is 20.5. The fourth-order valence-electron chi connectivity index (χ4n) is 2.65. The highest BCUT2D eigenvalue weighted by Gasteiger charge is 2.29. The van der Waals surface area contributed by atoms with Gasteiger partial charge in [0, 0.05) is 25.6 Å². The molecule has 2 unspecified atom stereocenters. The lowest BCUT2D eigenvalue weighted by atomic mass is 9.90. The Balaban J connectivity index is 2.58. The van der Waals surface area contributed by atoms with Gasteiger partial charge in [-0.3, -0.25) is 9.69 Å². The first-order valence-electron chi connectivity index (χ1n) is 7.50. The molecule has 1 aliphatic heterocycles. The summed E-state index contributed by atoms with van der Waals surface area (Å²) in [5.41, 5.74) is -0.562. The second-order valence-electron chi connectivity index (χ2n) is 6.73. The Hall–Kier alpha value is -1.81. The molecule has 0 radical (unpaired) electrons. The van der Waals surface area contributed by atoms with Gasteiger partial charge in [0.25, 0.3) is 0 Å². The van der Waals surface area contributed by atoms with Crippen LogP contribution in [0.5, 0.6) is 0 Å². The Kier molecular flexibility index (Phi) is 6.62. The number of amides is 1. The number of nitrogens with zero attached hydrogens (tertiary/aromatic N) is 2. The Morgan fingerprint density at radius 1 is 1.41 bits per heavy atom. The molecule has 1 aliphatic rings. The van der Waals surface area contributed by atoms with E-state index in [1.54, 1.807) is 20.8 Å². The normalized spacial score (nSPS) is 22.6. The topological polar surface area (TPSA) is 103 Å². The molecule has 0 spiro atoms. The maximum atomic E-state index is 11.9. The van der Waals surface area contributed by atoms with E-state index >= 15 is 0 Å². The van der Waals surface area contributed by atoms with E-state index in [2.05, 4.69) is 11.4 Å². The van der Waals surface area contributed by atoms with Gasteiger partial charge in [-0.2, -0.15) is 5.26 Å². The second kappa shape index (κ2) is 7.99. The fourth-order valence-corrected chi connectivity index (χ4v) is 2.65. The van der Waals surface area contributed by atoms with E-state index in [1.165, 1.54) is 0 Å². The number of hydrogen-bond donors (Lipinski definition) is 2. The molecule has 7 heteroatoms. The van der Waals surface area contributed by atoms with Gasteiger partial charge < -0.3 is 15.2 Å². The molecule has 22 heavy (non-hydrogen) atoms. The SMILES string of the molecule is CC(C)(C)OC(=O)NC1CC(CCC(=O)O)CN(CC#N)C1. The Bertz CT molecular complexity index is 439. The predicted molar refractivity (Wildman–Crippen MR) is 80.2 cm³/mol. The number of rotatable bonds is 5. The van der Waals surface area contributed by atoms with Crippen molar-refractivity contribution in [3.05, 3.63) is 0 Å². The second-order valence-corrected chi connectivity index (χ2v) is 6.73. The van der Waals surface area contributed by atoms with Crippen molar-refractivity contribution in [2.24, 2.45) is 5.92 Å². The molecular formula is C15H25N3O4. The molecule has 1 saturated heterocycles. The molecule has 1 amide bonds. The molecule has 0 aromatic rings. The number of nitrogens with one attached hydrogen (secondary N) is 1. The van der Waals surface area contributed by atoms with Crippen molar-refractivity contribution in [1.29, 1.82) is 5.26 Å². The van der Waals surface area contributed by atoms with Crippen molar-refractivity contribution in [2.45, 2.75) is 51.7 Å². The van der Waals surface area contributed by atoms with E-state index in [9.17, 15) is 9.59 Å². The molecule has 0 aromatic heterocycles. The van der Waals surface area contributed by atoms with Crippen LogP contribution in [0.15, 0.2) is 0 Å². The fraction of sp³-hybridized carbons (Fsp3) is 0.800. The van der Waals surface area contributed by atoms with E-state index in [0.29, 0.717) is 25.9 Å². The van der Waals surface area contributed by atoms with E-state index in [-0.39, 0.29) is 24.9 Å². The lowest BCUT2D eigenvalue weighted by Crippen LogP contribution is -2.51. The first-order chi connectivity index (χ1) is 10.2. The molecule has 1 fully saturated rings. The van der Waals surface area contributed by atoms with E-state index in [4.69, 9.17) is 15.1 Å². The van der Waals surface area contributed by atoms with Crippen molar-refractivity contribution in [3.63, 3.8) is 0 Å². The Morgan fingerprint density at radius 2 is 2.09 bits per heavy atom. The van der Waals surface area contributed by atoms with Gasteiger partial charge in [0.1, 0.15) is 5.60 Å². The third-order valence-electron chi connectivity index (χ3n) is 3.39. The first kappa shape index (κ1) is 18.2. The highest BCUT2D eigenvalue weighted by molar-refractivity contribution is 5.68. The molecule has 2 atom stereocenters. The molecule has 0 aliphatic carbocycles. The molecule has 124 valence electrons. The smallest absolute Gasteiger partial charge is 0.407 e. The van der Waals surface area contributed by atoms with Crippen molar-refractivity contribution in [1.82, 2.24) is 10.2 Å². The first-order valence-corrected chi connectivity index (χ1v) is 7.50. The zero-order valence-electron chi connectivity index (χ0n) is 13.5. The number of likely N-dealkylation sites (tertiary alicyclic amines) is 1. The van der Waals surface area contributed by atoms with Crippen LogP contribution in [0.4, 0.5) is 4.79 Å². The summed E-state index contributed by atoms with van der Waals surface area (Å²) in [6.45, 7) is 6.93. The number of carbonyl (C=O) groups excluding carboxylic acids is 1. The predicted octanol–water partition coefficient (Wildman–Crippen LogP) is 1.59. The number of piperidine rings is 1. The maximum absolute atomic E-state index is 11.9. The lowest BCUT2D eigenvalue weighted by molar-refractivity contribution is -0.137. The summed E-state index contributed by atoms with van der Waals surface area (Å²) >= 11 is 0. The molecule has 0 saturated carbocycles. The quantitative estimate of drug-likeness (QED) is 0.747. The van der Waals surface area contributed by atoms with Gasteiger partial charge in [-0.25, -0.2) is 4.79 Å². The number of alkyl carbamates (subject to hydrolysis) is 1. The van der Waals surface area contributed by atoms with Gasteiger partial charge >= 0.3 is 12.1 Å². The van der Waals surface area contributed by atoms with Crippen LogP contribution in [-0.2, 0) is 9.53 Å². The third kappa shape index (κ3) is 7.27. The average molecular weight is 311 g/mol. The minimum absolute atomic E-state index is 0.101. The summed E-state index contributed by atoms with van der Waals surface area (Å²) in [6.07, 6.45) is 0.871.